The molecule has 0 radical (unpaired) electrons. The van der Waals surface area contributed by atoms with E-state index in [1.807, 2.05) is 18.3 Å². The lowest BCUT2D eigenvalue weighted by Crippen LogP contribution is -2.34. The predicted molar refractivity (Wildman–Crippen MR) is 59.6 cm³/mol. The van der Waals surface area contributed by atoms with Gasteiger partial charge in [-0.15, -0.1) is 0 Å². The molecule has 0 fully saturated rings. The van der Waals surface area contributed by atoms with Crippen molar-refractivity contribution < 1.29 is 9.36 Å². The van der Waals surface area contributed by atoms with Gasteiger partial charge in [-0.2, -0.15) is 4.57 Å². The van der Waals surface area contributed by atoms with Crippen LogP contribution in [0.5, 0.6) is 0 Å². The van der Waals surface area contributed by atoms with Crippen molar-refractivity contribution in [2.75, 3.05) is 0 Å². The van der Waals surface area contributed by atoms with E-state index in [-0.39, 0.29) is 0 Å². The first-order valence-corrected chi connectivity index (χ1v) is 5.14. The number of rotatable bonds is 3. The number of aryl methyl sites for hydroxylation is 2. The van der Waals surface area contributed by atoms with Gasteiger partial charge in [-0.3, -0.25) is 0 Å². The molecule has 76 valence electrons. The molecule has 0 aliphatic carbocycles. The van der Waals surface area contributed by atoms with E-state index in [0.29, 0.717) is 6.42 Å². The summed E-state index contributed by atoms with van der Waals surface area (Å²) in [6, 6.07) is 10.4. The summed E-state index contributed by atoms with van der Waals surface area (Å²) in [5.41, 5.74) is 2.47. The Morgan fingerprint density at radius 2 is 2.07 bits per heavy atom. The van der Waals surface area contributed by atoms with Crippen molar-refractivity contribution in [3.63, 3.8) is 0 Å². The summed E-state index contributed by atoms with van der Waals surface area (Å²) in [7, 11) is 0. The Kier molecular flexibility index (Phi) is 2.77. The first kappa shape index (κ1) is 9.84. The molecule has 1 heterocycles. The second kappa shape index (κ2) is 4.22. The molecular weight excluding hydrogens is 186 g/mol. The average molecular weight is 200 g/mol. The lowest BCUT2D eigenvalue weighted by molar-refractivity contribution is -0.670. The van der Waals surface area contributed by atoms with Crippen LogP contribution in [0.1, 0.15) is 12.0 Å². The van der Waals surface area contributed by atoms with Crippen LogP contribution >= 0.6 is 0 Å². The summed E-state index contributed by atoms with van der Waals surface area (Å²) >= 11 is 0. The fourth-order valence-corrected chi connectivity index (χ4v) is 1.82. The minimum Gasteiger partial charge on any atom is -0.303 e. The number of fused-ring (bicyclic) bond motifs is 1. The molecule has 0 unspecified atom stereocenters. The lowest BCUT2D eigenvalue weighted by Gasteiger charge is -2.01. The molecule has 0 saturated heterocycles. The van der Waals surface area contributed by atoms with Gasteiger partial charge in [0.05, 0.1) is 6.42 Å². The van der Waals surface area contributed by atoms with E-state index in [9.17, 15) is 4.79 Å². The zero-order valence-corrected chi connectivity index (χ0v) is 8.81. The Balaban J connectivity index is 2.56. The van der Waals surface area contributed by atoms with Gasteiger partial charge < -0.3 is 4.79 Å². The van der Waals surface area contributed by atoms with Crippen LogP contribution < -0.4 is 4.57 Å². The number of nitrogens with zero attached hydrogens (tertiary/aromatic N) is 1. The smallest absolute Gasteiger partial charge is 0.212 e. The van der Waals surface area contributed by atoms with Gasteiger partial charge in [-0.1, -0.05) is 12.1 Å². The molecule has 2 heteroatoms. The monoisotopic (exact) mass is 200 g/mol. The maximum atomic E-state index is 10.4. The third-order valence-electron chi connectivity index (χ3n) is 2.63. The summed E-state index contributed by atoms with van der Waals surface area (Å²) in [4.78, 5) is 10.4. The first-order valence-electron chi connectivity index (χ1n) is 5.14. The molecule has 15 heavy (non-hydrogen) atoms. The van der Waals surface area contributed by atoms with Crippen molar-refractivity contribution in [1.29, 1.82) is 0 Å². The van der Waals surface area contributed by atoms with Crippen molar-refractivity contribution in [2.24, 2.45) is 0 Å². The van der Waals surface area contributed by atoms with Crippen LogP contribution in [0.15, 0.2) is 36.5 Å². The minimum atomic E-state index is 0.567. The van der Waals surface area contributed by atoms with E-state index in [1.165, 1.54) is 16.5 Å². The van der Waals surface area contributed by atoms with Crippen LogP contribution in [0, 0.1) is 6.92 Å². The highest BCUT2D eigenvalue weighted by atomic mass is 16.1. The third-order valence-corrected chi connectivity index (χ3v) is 2.63. The summed E-state index contributed by atoms with van der Waals surface area (Å²) < 4.78 is 2.12. The normalized spacial score (nSPS) is 10.5. The van der Waals surface area contributed by atoms with Crippen molar-refractivity contribution >= 4 is 17.2 Å². The maximum Gasteiger partial charge on any atom is 0.212 e. The predicted octanol–water partition coefficient (Wildman–Crippen LogP) is 2.02. The molecule has 0 aliphatic rings. The second-order valence-corrected chi connectivity index (χ2v) is 3.66. The average Bonchev–Trinajstić information content (AvgIpc) is 2.29. The molecule has 1 aromatic heterocycles. The zero-order valence-electron chi connectivity index (χ0n) is 8.81. The number of benzene rings is 1. The molecule has 0 bridgehead atoms. The molecule has 0 amide bonds. The van der Waals surface area contributed by atoms with Crippen LogP contribution in [0.25, 0.3) is 10.9 Å². The Morgan fingerprint density at radius 1 is 1.27 bits per heavy atom. The van der Waals surface area contributed by atoms with Gasteiger partial charge in [0.15, 0.2) is 12.7 Å². The fourth-order valence-electron chi connectivity index (χ4n) is 1.82. The Bertz CT molecular complexity index is 491. The van der Waals surface area contributed by atoms with E-state index in [0.717, 1.165) is 12.8 Å². The van der Waals surface area contributed by atoms with Crippen molar-refractivity contribution in [1.82, 2.24) is 0 Å². The molecule has 0 saturated carbocycles. The van der Waals surface area contributed by atoms with E-state index in [1.54, 1.807) is 0 Å². The van der Waals surface area contributed by atoms with E-state index >= 15 is 0 Å². The van der Waals surface area contributed by atoms with E-state index < -0.39 is 0 Å². The summed E-state index contributed by atoms with van der Waals surface area (Å²) in [5.74, 6) is 0. The molecule has 1 aromatic carbocycles. The summed E-state index contributed by atoms with van der Waals surface area (Å²) in [6.45, 7) is 2.86. The van der Waals surface area contributed by atoms with E-state index in [2.05, 4.69) is 29.7 Å². The quantitative estimate of drug-likeness (QED) is 0.548. The standard InChI is InChI=1S/C13H14NO/c1-11-7-9-14(8-4-10-15)13-6-3-2-5-12(11)13/h2-3,5-7,9-10H,4,8H2,1H3/q+1. The number of para-hydroxylation sites is 1. The molecule has 2 aromatic rings. The number of pyridine rings is 1. The number of hydrogen-bond donors (Lipinski definition) is 0. The first-order chi connectivity index (χ1) is 7.33. The SMILES string of the molecule is Cc1cc[n+](CCC=O)c2ccccc12. The Morgan fingerprint density at radius 3 is 2.87 bits per heavy atom. The molecular formula is C13H14NO+. The van der Waals surface area contributed by atoms with Crippen LogP contribution in [0.2, 0.25) is 0 Å². The molecule has 0 atom stereocenters. The molecule has 2 nitrogen and oxygen atoms in total. The fraction of sp³-hybridized carbons (Fsp3) is 0.231. The topological polar surface area (TPSA) is 20.9 Å². The van der Waals surface area contributed by atoms with Gasteiger partial charge in [-0.05, 0) is 18.6 Å². The van der Waals surface area contributed by atoms with Crippen molar-refractivity contribution in [3.8, 4) is 0 Å². The van der Waals surface area contributed by atoms with Crippen LogP contribution in [0.3, 0.4) is 0 Å². The Hall–Kier alpha value is -1.70. The number of hydrogen-bond acceptors (Lipinski definition) is 1. The number of aldehydes is 1. The summed E-state index contributed by atoms with van der Waals surface area (Å²) in [5, 5.41) is 1.26. The Labute approximate surface area is 89.2 Å². The molecule has 0 N–H and O–H groups in total. The molecule has 0 aliphatic heterocycles. The van der Waals surface area contributed by atoms with Gasteiger partial charge in [0, 0.05) is 17.5 Å². The molecule has 0 spiro atoms. The second-order valence-electron chi connectivity index (χ2n) is 3.66. The third kappa shape index (κ3) is 1.89. The van der Waals surface area contributed by atoms with Gasteiger partial charge in [0.1, 0.15) is 6.29 Å². The largest absolute Gasteiger partial charge is 0.303 e. The highest BCUT2D eigenvalue weighted by molar-refractivity contribution is 5.78. The van der Waals surface area contributed by atoms with Gasteiger partial charge in [0.2, 0.25) is 5.52 Å². The zero-order chi connectivity index (χ0) is 10.7. The highest BCUT2D eigenvalue weighted by Gasteiger charge is 2.08. The summed E-state index contributed by atoms with van der Waals surface area (Å²) in [6.07, 6.45) is 3.57. The molecule has 2 rings (SSSR count). The van der Waals surface area contributed by atoms with Crippen molar-refractivity contribution in [3.05, 3.63) is 42.1 Å². The number of carbonyl (C=O) groups is 1. The lowest BCUT2D eigenvalue weighted by atomic mass is 10.1. The van der Waals surface area contributed by atoms with Crippen LogP contribution in [0.4, 0.5) is 0 Å². The minimum absolute atomic E-state index is 0.567. The van der Waals surface area contributed by atoms with Gasteiger partial charge in [-0.25, -0.2) is 0 Å². The number of aromatic nitrogens is 1. The van der Waals surface area contributed by atoms with Gasteiger partial charge in [0.25, 0.3) is 0 Å². The van der Waals surface area contributed by atoms with E-state index in [4.69, 9.17) is 0 Å². The number of carbonyl (C=O) groups excluding carboxylic acids is 1. The van der Waals surface area contributed by atoms with Crippen LogP contribution in [-0.2, 0) is 11.3 Å². The van der Waals surface area contributed by atoms with Crippen molar-refractivity contribution in [2.45, 2.75) is 19.9 Å². The van der Waals surface area contributed by atoms with Gasteiger partial charge >= 0.3 is 0 Å². The van der Waals surface area contributed by atoms with Crippen LogP contribution in [-0.4, -0.2) is 6.29 Å². The highest BCUT2D eigenvalue weighted by Crippen LogP contribution is 2.13. The maximum absolute atomic E-state index is 10.4.